The summed E-state index contributed by atoms with van der Waals surface area (Å²) >= 11 is 6.38. The van der Waals surface area contributed by atoms with Gasteiger partial charge in [0.25, 0.3) is 0 Å². The lowest BCUT2D eigenvalue weighted by Crippen LogP contribution is -2.42. The summed E-state index contributed by atoms with van der Waals surface area (Å²) in [4.78, 5) is 0. The van der Waals surface area contributed by atoms with Crippen molar-refractivity contribution in [2.75, 3.05) is 6.54 Å². The molecule has 4 rings (SSSR count). The first-order chi connectivity index (χ1) is 8.31. The molecule has 2 atom stereocenters. The van der Waals surface area contributed by atoms with Crippen LogP contribution in [0.25, 0.3) is 0 Å². The molecule has 2 unspecified atom stereocenters. The number of nitrogens with two attached hydrogens (primary N) is 1. The Kier molecular flexibility index (Phi) is 3.14. The first-order valence-corrected chi connectivity index (χ1v) is 7.13. The molecule has 92 valence electrons. The third-order valence-electron chi connectivity index (χ3n) is 4.93. The van der Waals surface area contributed by atoms with Gasteiger partial charge in [-0.2, -0.15) is 0 Å². The van der Waals surface area contributed by atoms with Gasteiger partial charge in [0.15, 0.2) is 0 Å². The summed E-state index contributed by atoms with van der Waals surface area (Å²) < 4.78 is 0. The molecule has 2 bridgehead atoms. The highest BCUT2D eigenvalue weighted by Gasteiger charge is 2.43. The summed E-state index contributed by atoms with van der Waals surface area (Å²) in [7, 11) is 0. The molecule has 1 nitrogen and oxygen atoms in total. The van der Waals surface area contributed by atoms with Crippen molar-refractivity contribution in [1.82, 2.24) is 0 Å². The van der Waals surface area contributed by atoms with Crippen LogP contribution >= 0.6 is 11.6 Å². The summed E-state index contributed by atoms with van der Waals surface area (Å²) in [5.41, 5.74) is 7.37. The molecule has 1 aromatic carbocycles. The van der Waals surface area contributed by atoms with Crippen LogP contribution in [0.4, 0.5) is 0 Å². The second-order valence-electron chi connectivity index (χ2n) is 5.62. The van der Waals surface area contributed by atoms with Crippen molar-refractivity contribution >= 4 is 11.6 Å². The highest BCUT2D eigenvalue weighted by Crippen LogP contribution is 2.53. The van der Waals surface area contributed by atoms with Gasteiger partial charge in [-0.1, -0.05) is 29.8 Å². The molecule has 0 radical (unpaired) electrons. The summed E-state index contributed by atoms with van der Waals surface area (Å²) in [6.07, 6.45) is 5.51. The molecule has 17 heavy (non-hydrogen) atoms. The van der Waals surface area contributed by atoms with Gasteiger partial charge in [0.05, 0.1) is 0 Å². The van der Waals surface area contributed by atoms with E-state index >= 15 is 0 Å². The van der Waals surface area contributed by atoms with E-state index in [1.165, 1.54) is 31.2 Å². The van der Waals surface area contributed by atoms with E-state index in [-0.39, 0.29) is 0 Å². The average molecular weight is 250 g/mol. The smallest absolute Gasteiger partial charge is 0.0441 e. The van der Waals surface area contributed by atoms with Gasteiger partial charge in [0.1, 0.15) is 0 Å². The van der Waals surface area contributed by atoms with E-state index in [4.69, 9.17) is 17.3 Å². The summed E-state index contributed by atoms with van der Waals surface area (Å²) in [6, 6.07) is 8.35. The van der Waals surface area contributed by atoms with E-state index < -0.39 is 0 Å². The van der Waals surface area contributed by atoms with Crippen LogP contribution in [0.1, 0.15) is 37.2 Å². The Bertz CT molecular complexity index is 396. The van der Waals surface area contributed by atoms with Crippen LogP contribution in [-0.2, 0) is 0 Å². The fraction of sp³-hybridized carbons (Fsp3) is 0.600. The maximum atomic E-state index is 6.38. The van der Waals surface area contributed by atoms with Gasteiger partial charge in [-0.3, -0.25) is 0 Å². The number of hydrogen-bond donors (Lipinski definition) is 1. The van der Waals surface area contributed by atoms with Gasteiger partial charge in [-0.05, 0) is 67.5 Å². The van der Waals surface area contributed by atoms with Crippen molar-refractivity contribution < 1.29 is 0 Å². The zero-order valence-electron chi connectivity index (χ0n) is 10.1. The molecular weight excluding hydrogens is 230 g/mol. The average Bonchev–Trinajstić information content (AvgIpc) is 2.39. The van der Waals surface area contributed by atoms with Crippen molar-refractivity contribution in [1.29, 1.82) is 0 Å². The Labute approximate surface area is 108 Å². The lowest BCUT2D eigenvalue weighted by atomic mass is 9.57. The molecular formula is C15H20ClN. The SMILES string of the molecule is NCC1C2CCC(CC2)C1c1ccccc1Cl. The van der Waals surface area contributed by atoms with Crippen LogP contribution in [0, 0.1) is 17.8 Å². The molecule has 2 N–H and O–H groups in total. The third kappa shape index (κ3) is 1.90. The Balaban J connectivity index is 1.98. The first kappa shape index (κ1) is 11.6. The van der Waals surface area contributed by atoms with Crippen molar-refractivity contribution in [3.8, 4) is 0 Å². The molecule has 3 saturated carbocycles. The Morgan fingerprint density at radius 3 is 2.35 bits per heavy atom. The zero-order valence-corrected chi connectivity index (χ0v) is 10.9. The van der Waals surface area contributed by atoms with Crippen molar-refractivity contribution in [2.24, 2.45) is 23.5 Å². The predicted molar refractivity (Wildman–Crippen MR) is 72.2 cm³/mol. The minimum atomic E-state index is 0.612. The molecule has 0 aromatic heterocycles. The monoisotopic (exact) mass is 249 g/mol. The van der Waals surface area contributed by atoms with E-state index in [0.29, 0.717) is 11.8 Å². The molecule has 3 aliphatic carbocycles. The Hall–Kier alpha value is -0.530. The molecule has 3 aliphatic rings. The third-order valence-corrected chi connectivity index (χ3v) is 5.27. The fourth-order valence-electron chi connectivity index (χ4n) is 4.14. The quantitative estimate of drug-likeness (QED) is 0.847. The van der Waals surface area contributed by atoms with Crippen LogP contribution in [0.3, 0.4) is 0 Å². The number of rotatable bonds is 2. The molecule has 1 aromatic rings. The lowest BCUT2D eigenvalue weighted by molar-refractivity contribution is 0.0732. The second-order valence-corrected chi connectivity index (χ2v) is 6.03. The molecule has 0 saturated heterocycles. The Morgan fingerprint density at radius 2 is 1.71 bits per heavy atom. The number of halogens is 1. The van der Waals surface area contributed by atoms with Crippen LogP contribution in [0.15, 0.2) is 24.3 Å². The van der Waals surface area contributed by atoms with E-state index in [1.54, 1.807) is 0 Å². The zero-order chi connectivity index (χ0) is 11.8. The molecule has 0 aliphatic heterocycles. The first-order valence-electron chi connectivity index (χ1n) is 6.75. The largest absolute Gasteiger partial charge is 0.330 e. The summed E-state index contributed by atoms with van der Waals surface area (Å²) in [5, 5.41) is 0.934. The van der Waals surface area contributed by atoms with Gasteiger partial charge in [0, 0.05) is 5.02 Å². The second kappa shape index (κ2) is 4.62. The maximum Gasteiger partial charge on any atom is 0.0441 e. The van der Waals surface area contributed by atoms with Gasteiger partial charge < -0.3 is 5.73 Å². The van der Waals surface area contributed by atoms with E-state index in [2.05, 4.69) is 12.1 Å². The standard InChI is InChI=1S/C15H20ClN/c16-14-4-2-1-3-12(14)15-11-7-5-10(6-8-11)13(15)9-17/h1-4,10-11,13,15H,5-9,17H2. The van der Waals surface area contributed by atoms with Crippen LogP contribution in [-0.4, -0.2) is 6.54 Å². The van der Waals surface area contributed by atoms with Gasteiger partial charge >= 0.3 is 0 Å². The number of hydrogen-bond acceptors (Lipinski definition) is 1. The molecule has 0 heterocycles. The van der Waals surface area contributed by atoms with Crippen molar-refractivity contribution in [3.05, 3.63) is 34.9 Å². The van der Waals surface area contributed by atoms with E-state index in [9.17, 15) is 0 Å². The highest BCUT2D eigenvalue weighted by molar-refractivity contribution is 6.31. The number of benzene rings is 1. The minimum absolute atomic E-state index is 0.612. The summed E-state index contributed by atoms with van der Waals surface area (Å²) in [6.45, 7) is 0.817. The van der Waals surface area contributed by atoms with Gasteiger partial charge in [-0.25, -0.2) is 0 Å². The normalized spacial score (nSPS) is 36.1. The van der Waals surface area contributed by atoms with E-state index in [1.807, 2.05) is 12.1 Å². The van der Waals surface area contributed by atoms with Gasteiger partial charge in [-0.15, -0.1) is 0 Å². The summed E-state index contributed by atoms with van der Waals surface area (Å²) in [5.74, 6) is 2.92. The topological polar surface area (TPSA) is 26.0 Å². The minimum Gasteiger partial charge on any atom is -0.330 e. The van der Waals surface area contributed by atoms with Crippen LogP contribution in [0.5, 0.6) is 0 Å². The molecule has 2 heteroatoms. The number of fused-ring (bicyclic) bond motifs is 3. The highest BCUT2D eigenvalue weighted by atomic mass is 35.5. The van der Waals surface area contributed by atoms with Crippen molar-refractivity contribution in [2.45, 2.75) is 31.6 Å². The van der Waals surface area contributed by atoms with Gasteiger partial charge in [0.2, 0.25) is 0 Å². The Morgan fingerprint density at radius 1 is 1.06 bits per heavy atom. The van der Waals surface area contributed by atoms with Crippen LogP contribution < -0.4 is 5.73 Å². The lowest BCUT2D eigenvalue weighted by Gasteiger charge is -2.49. The fourth-order valence-corrected chi connectivity index (χ4v) is 4.41. The molecule has 3 fully saturated rings. The van der Waals surface area contributed by atoms with E-state index in [0.717, 1.165) is 23.4 Å². The van der Waals surface area contributed by atoms with Crippen LogP contribution in [0.2, 0.25) is 5.02 Å². The van der Waals surface area contributed by atoms with Crippen molar-refractivity contribution in [3.63, 3.8) is 0 Å². The predicted octanol–water partition coefficient (Wildman–Crippen LogP) is 3.82. The molecule has 0 spiro atoms. The maximum absolute atomic E-state index is 6.38. The molecule has 0 amide bonds.